The Labute approximate surface area is 173 Å². The summed E-state index contributed by atoms with van der Waals surface area (Å²) >= 11 is 0. The number of rotatable bonds is 6. The molecule has 3 aromatic carbocycles. The fourth-order valence-corrected chi connectivity index (χ4v) is 4.11. The van der Waals surface area contributed by atoms with Crippen LogP contribution in [0.4, 0.5) is 20.2 Å². The Morgan fingerprint density at radius 3 is 2.33 bits per heavy atom. The summed E-state index contributed by atoms with van der Waals surface area (Å²) in [5, 5.41) is 2.35. The minimum absolute atomic E-state index is 0.140. The molecule has 0 saturated carbocycles. The molecule has 1 amide bonds. The molecule has 0 saturated heterocycles. The van der Waals surface area contributed by atoms with Gasteiger partial charge < -0.3 is 5.32 Å². The van der Waals surface area contributed by atoms with Crippen LogP contribution in [0.15, 0.2) is 65.6 Å². The van der Waals surface area contributed by atoms with Gasteiger partial charge in [0.15, 0.2) is 0 Å². The van der Waals surface area contributed by atoms with Gasteiger partial charge in [-0.15, -0.1) is 0 Å². The molecular weight excluding hydrogens is 410 g/mol. The number of para-hydroxylation sites is 1. The van der Waals surface area contributed by atoms with Gasteiger partial charge in [0.25, 0.3) is 15.9 Å². The average molecular weight is 430 g/mol. The lowest BCUT2D eigenvalue weighted by Gasteiger charge is -2.15. The largest absolute Gasteiger partial charge is 0.319 e. The molecule has 0 aromatic heterocycles. The highest BCUT2D eigenvalue weighted by atomic mass is 32.2. The first-order valence-electron chi connectivity index (χ1n) is 9.19. The van der Waals surface area contributed by atoms with E-state index in [-0.39, 0.29) is 16.1 Å². The van der Waals surface area contributed by atoms with E-state index in [4.69, 9.17) is 0 Å². The molecule has 0 aliphatic rings. The zero-order chi connectivity index (χ0) is 21.9. The van der Waals surface area contributed by atoms with Gasteiger partial charge in [-0.05, 0) is 66.9 Å². The monoisotopic (exact) mass is 430 g/mol. The number of benzene rings is 3. The van der Waals surface area contributed by atoms with E-state index < -0.39 is 27.6 Å². The molecule has 0 fully saturated rings. The van der Waals surface area contributed by atoms with Gasteiger partial charge in [0, 0.05) is 5.56 Å². The maximum absolute atomic E-state index is 14.5. The number of hydrogen-bond acceptors (Lipinski definition) is 3. The Balaban J connectivity index is 1.84. The maximum Gasteiger partial charge on any atom is 0.262 e. The lowest BCUT2D eigenvalue weighted by atomic mass is 10.1. The molecule has 0 spiro atoms. The third-order valence-electron chi connectivity index (χ3n) is 4.58. The van der Waals surface area contributed by atoms with Crippen LogP contribution in [0, 0.1) is 18.6 Å². The van der Waals surface area contributed by atoms with Crippen molar-refractivity contribution in [2.45, 2.75) is 25.2 Å². The lowest BCUT2D eigenvalue weighted by molar-refractivity contribution is 0.102. The maximum atomic E-state index is 14.5. The van der Waals surface area contributed by atoms with Crippen molar-refractivity contribution in [2.24, 2.45) is 0 Å². The second-order valence-corrected chi connectivity index (χ2v) is 8.35. The minimum Gasteiger partial charge on any atom is -0.319 e. The number of carbonyl (C=O) groups is 1. The van der Waals surface area contributed by atoms with Crippen molar-refractivity contribution < 1.29 is 22.0 Å². The van der Waals surface area contributed by atoms with E-state index in [0.29, 0.717) is 12.1 Å². The van der Waals surface area contributed by atoms with Crippen molar-refractivity contribution in [1.29, 1.82) is 0 Å². The Hall–Kier alpha value is -3.26. The molecule has 30 heavy (non-hydrogen) atoms. The first-order chi connectivity index (χ1) is 14.2. The van der Waals surface area contributed by atoms with Gasteiger partial charge in [-0.25, -0.2) is 17.2 Å². The van der Waals surface area contributed by atoms with E-state index in [2.05, 4.69) is 10.0 Å². The molecule has 0 aliphatic heterocycles. The molecule has 0 radical (unpaired) electrons. The summed E-state index contributed by atoms with van der Waals surface area (Å²) in [5.74, 6) is -2.05. The van der Waals surface area contributed by atoms with Crippen LogP contribution in [-0.4, -0.2) is 14.3 Å². The van der Waals surface area contributed by atoms with Gasteiger partial charge in [-0.1, -0.05) is 25.1 Å². The van der Waals surface area contributed by atoms with Crippen LogP contribution in [0.25, 0.3) is 0 Å². The molecule has 8 heteroatoms. The van der Waals surface area contributed by atoms with Crippen molar-refractivity contribution in [2.75, 3.05) is 10.0 Å². The summed E-state index contributed by atoms with van der Waals surface area (Å²) in [6.07, 6.45) is 0.627. The fourth-order valence-electron chi connectivity index (χ4n) is 2.92. The predicted octanol–water partition coefficient (Wildman–Crippen LogP) is 4.89. The van der Waals surface area contributed by atoms with Gasteiger partial charge >= 0.3 is 0 Å². The Kier molecular flexibility index (Phi) is 6.17. The van der Waals surface area contributed by atoms with Crippen LogP contribution in [0.1, 0.15) is 28.4 Å². The van der Waals surface area contributed by atoms with Gasteiger partial charge in [0.05, 0.1) is 16.3 Å². The third kappa shape index (κ3) is 4.65. The van der Waals surface area contributed by atoms with E-state index in [1.54, 1.807) is 13.0 Å². The molecule has 0 bridgehead atoms. The smallest absolute Gasteiger partial charge is 0.262 e. The zero-order valence-corrected chi connectivity index (χ0v) is 17.2. The fraction of sp³-hybridized carbons (Fsp3) is 0.136. The van der Waals surface area contributed by atoms with E-state index in [9.17, 15) is 22.0 Å². The Morgan fingerprint density at radius 1 is 1.00 bits per heavy atom. The summed E-state index contributed by atoms with van der Waals surface area (Å²) in [6, 6.07) is 13.4. The lowest BCUT2D eigenvalue weighted by Crippen LogP contribution is -2.16. The Morgan fingerprint density at radius 2 is 1.70 bits per heavy atom. The SMILES string of the molecule is CCc1cccc(C)c1NS(=O)(=O)c1ccc(NC(=O)c2ccc(F)cc2)c(F)c1. The molecule has 156 valence electrons. The number of carbonyl (C=O) groups excluding carboxylic acids is 1. The molecule has 0 atom stereocenters. The summed E-state index contributed by atoms with van der Waals surface area (Å²) in [6.45, 7) is 3.69. The van der Waals surface area contributed by atoms with Crippen LogP contribution in [0.3, 0.4) is 0 Å². The van der Waals surface area contributed by atoms with Gasteiger partial charge in [0.1, 0.15) is 11.6 Å². The van der Waals surface area contributed by atoms with Crippen molar-refractivity contribution in [3.63, 3.8) is 0 Å². The highest BCUT2D eigenvalue weighted by Crippen LogP contribution is 2.26. The zero-order valence-electron chi connectivity index (χ0n) is 16.4. The normalized spacial score (nSPS) is 11.2. The summed E-state index contributed by atoms with van der Waals surface area (Å²) in [5.41, 5.74) is 1.99. The van der Waals surface area contributed by atoms with Crippen LogP contribution in [0.2, 0.25) is 0 Å². The average Bonchev–Trinajstić information content (AvgIpc) is 2.71. The number of amides is 1. The molecule has 3 aromatic rings. The van der Waals surface area contributed by atoms with Crippen LogP contribution in [0.5, 0.6) is 0 Å². The number of anilines is 2. The minimum atomic E-state index is -4.04. The molecule has 2 N–H and O–H groups in total. The first kappa shape index (κ1) is 21.4. The van der Waals surface area contributed by atoms with Crippen LogP contribution < -0.4 is 10.0 Å². The van der Waals surface area contributed by atoms with Crippen molar-refractivity contribution >= 4 is 27.3 Å². The number of hydrogen-bond donors (Lipinski definition) is 2. The molecular formula is C22H20F2N2O3S. The first-order valence-corrected chi connectivity index (χ1v) is 10.7. The molecule has 0 unspecified atom stereocenters. The topological polar surface area (TPSA) is 75.3 Å². The molecule has 0 heterocycles. The number of halogens is 2. The van der Waals surface area contributed by atoms with E-state index in [1.165, 1.54) is 24.3 Å². The molecule has 0 aliphatic carbocycles. The summed E-state index contributed by atoms with van der Waals surface area (Å²) in [7, 11) is -4.04. The number of sulfonamides is 1. The van der Waals surface area contributed by atoms with E-state index in [1.807, 2.05) is 19.1 Å². The van der Waals surface area contributed by atoms with Gasteiger partial charge in [0.2, 0.25) is 0 Å². The van der Waals surface area contributed by atoms with E-state index in [0.717, 1.165) is 29.3 Å². The molecule has 3 rings (SSSR count). The summed E-state index contributed by atoms with van der Waals surface area (Å²) in [4.78, 5) is 11.9. The predicted molar refractivity (Wildman–Crippen MR) is 112 cm³/mol. The Bertz CT molecular complexity index is 1190. The quantitative estimate of drug-likeness (QED) is 0.585. The highest BCUT2D eigenvalue weighted by molar-refractivity contribution is 7.92. The van der Waals surface area contributed by atoms with Crippen LogP contribution >= 0.6 is 0 Å². The van der Waals surface area contributed by atoms with Crippen molar-refractivity contribution in [1.82, 2.24) is 0 Å². The van der Waals surface area contributed by atoms with Crippen LogP contribution in [-0.2, 0) is 16.4 Å². The third-order valence-corrected chi connectivity index (χ3v) is 5.93. The molecule has 5 nitrogen and oxygen atoms in total. The van der Waals surface area contributed by atoms with E-state index >= 15 is 0 Å². The highest BCUT2D eigenvalue weighted by Gasteiger charge is 2.19. The van der Waals surface area contributed by atoms with Gasteiger partial charge in [-0.3, -0.25) is 9.52 Å². The van der Waals surface area contributed by atoms with Crippen molar-refractivity contribution in [3.05, 3.63) is 89.0 Å². The number of aryl methyl sites for hydroxylation is 2. The van der Waals surface area contributed by atoms with Gasteiger partial charge in [-0.2, -0.15) is 0 Å². The second kappa shape index (κ2) is 8.62. The second-order valence-electron chi connectivity index (χ2n) is 6.67. The standard InChI is InChI=1S/C22H20F2N2O3S/c1-3-15-6-4-5-14(2)21(15)26-30(28,29)18-11-12-20(19(24)13-18)25-22(27)16-7-9-17(23)10-8-16/h4-13,26H,3H2,1-2H3,(H,25,27). The number of nitrogens with one attached hydrogen (secondary N) is 2. The summed E-state index contributed by atoms with van der Waals surface area (Å²) < 4.78 is 55.5. The van der Waals surface area contributed by atoms with Crippen molar-refractivity contribution in [3.8, 4) is 0 Å².